The molecule has 0 saturated heterocycles. The molecule has 0 aromatic carbocycles. The highest BCUT2D eigenvalue weighted by Gasteiger charge is 2.20. The molecule has 1 aliphatic carbocycles. The van der Waals surface area contributed by atoms with Crippen LogP contribution >= 0.6 is 11.6 Å². The summed E-state index contributed by atoms with van der Waals surface area (Å²) in [4.78, 5) is 0. The van der Waals surface area contributed by atoms with Crippen molar-refractivity contribution in [1.82, 2.24) is 0 Å². The van der Waals surface area contributed by atoms with Crippen molar-refractivity contribution in [2.45, 2.75) is 70.6 Å². The molecule has 0 aromatic rings. The molecule has 1 rings (SSSR count). The minimum absolute atomic E-state index is 0.428. The van der Waals surface area contributed by atoms with E-state index in [0.717, 1.165) is 18.3 Å². The van der Waals surface area contributed by atoms with Gasteiger partial charge in [-0.3, -0.25) is 0 Å². The lowest BCUT2D eigenvalue weighted by Gasteiger charge is -2.28. The van der Waals surface area contributed by atoms with E-state index >= 15 is 0 Å². The highest BCUT2D eigenvalue weighted by Crippen LogP contribution is 2.34. The van der Waals surface area contributed by atoms with E-state index in [-0.39, 0.29) is 0 Å². The van der Waals surface area contributed by atoms with Gasteiger partial charge in [0, 0.05) is 5.38 Å². The van der Waals surface area contributed by atoms with E-state index < -0.39 is 0 Å². The van der Waals surface area contributed by atoms with Crippen LogP contribution in [0.25, 0.3) is 0 Å². The van der Waals surface area contributed by atoms with Gasteiger partial charge in [-0.05, 0) is 37.5 Å². The molecular formula is C13H25Cl. The van der Waals surface area contributed by atoms with Gasteiger partial charge in [0.1, 0.15) is 0 Å². The normalized spacial score (nSPS) is 30.2. The Balaban J connectivity index is 2.17. The van der Waals surface area contributed by atoms with Crippen LogP contribution in [0, 0.1) is 11.8 Å². The Hall–Kier alpha value is 0.290. The second-order valence-corrected chi connectivity index (χ2v) is 5.51. The van der Waals surface area contributed by atoms with Crippen molar-refractivity contribution in [1.29, 1.82) is 0 Å². The summed E-state index contributed by atoms with van der Waals surface area (Å²) in [5.74, 6) is 2.01. The van der Waals surface area contributed by atoms with Gasteiger partial charge in [0.25, 0.3) is 0 Å². The van der Waals surface area contributed by atoms with Crippen LogP contribution in [0.3, 0.4) is 0 Å². The van der Waals surface area contributed by atoms with Crippen molar-refractivity contribution >= 4 is 11.6 Å². The molecule has 0 radical (unpaired) electrons. The minimum atomic E-state index is 0.428. The summed E-state index contributed by atoms with van der Waals surface area (Å²) in [6, 6.07) is 0. The topological polar surface area (TPSA) is 0 Å². The van der Waals surface area contributed by atoms with Crippen LogP contribution in [0.4, 0.5) is 0 Å². The highest BCUT2D eigenvalue weighted by molar-refractivity contribution is 6.20. The SMILES string of the molecule is CCC(Cl)CCC1CCCC(CC)C1. The molecule has 0 nitrogen and oxygen atoms in total. The minimum Gasteiger partial charge on any atom is -0.123 e. The van der Waals surface area contributed by atoms with Crippen molar-refractivity contribution in [2.24, 2.45) is 11.8 Å². The van der Waals surface area contributed by atoms with Crippen LogP contribution in [0.1, 0.15) is 65.2 Å². The summed E-state index contributed by atoms with van der Waals surface area (Å²) in [6.07, 6.45) is 11.0. The largest absolute Gasteiger partial charge is 0.123 e. The van der Waals surface area contributed by atoms with Gasteiger partial charge in [-0.2, -0.15) is 0 Å². The summed E-state index contributed by atoms with van der Waals surface area (Å²) in [7, 11) is 0. The molecular weight excluding hydrogens is 192 g/mol. The lowest BCUT2D eigenvalue weighted by molar-refractivity contribution is 0.245. The Kier molecular flexibility index (Phi) is 5.93. The van der Waals surface area contributed by atoms with E-state index in [1.807, 2.05) is 0 Å². The fourth-order valence-electron chi connectivity index (χ4n) is 2.66. The van der Waals surface area contributed by atoms with E-state index in [4.69, 9.17) is 11.6 Å². The lowest BCUT2D eigenvalue weighted by atomic mass is 9.78. The predicted molar refractivity (Wildman–Crippen MR) is 64.9 cm³/mol. The fraction of sp³-hybridized carbons (Fsp3) is 1.00. The number of hydrogen-bond acceptors (Lipinski definition) is 0. The molecule has 1 aliphatic rings. The first-order valence-corrected chi connectivity index (χ1v) is 6.83. The molecule has 0 aliphatic heterocycles. The van der Waals surface area contributed by atoms with Gasteiger partial charge in [0.05, 0.1) is 0 Å². The van der Waals surface area contributed by atoms with Crippen LogP contribution in [0.2, 0.25) is 0 Å². The molecule has 1 fully saturated rings. The second-order valence-electron chi connectivity index (χ2n) is 4.89. The van der Waals surface area contributed by atoms with Gasteiger partial charge >= 0.3 is 0 Å². The summed E-state index contributed by atoms with van der Waals surface area (Å²) in [5, 5.41) is 0.428. The van der Waals surface area contributed by atoms with Crippen LogP contribution < -0.4 is 0 Å². The van der Waals surface area contributed by atoms with Gasteiger partial charge in [-0.15, -0.1) is 11.6 Å². The first-order chi connectivity index (χ1) is 6.76. The third-order valence-corrected chi connectivity index (χ3v) is 4.33. The van der Waals surface area contributed by atoms with E-state index in [0.29, 0.717) is 5.38 Å². The Labute approximate surface area is 94.4 Å². The van der Waals surface area contributed by atoms with Crippen molar-refractivity contribution in [2.75, 3.05) is 0 Å². The van der Waals surface area contributed by atoms with Crippen LogP contribution in [-0.2, 0) is 0 Å². The number of alkyl halides is 1. The van der Waals surface area contributed by atoms with Crippen LogP contribution in [0.5, 0.6) is 0 Å². The first-order valence-electron chi connectivity index (χ1n) is 6.40. The maximum absolute atomic E-state index is 6.15. The smallest absolute Gasteiger partial charge is 0.0333 e. The average molecular weight is 217 g/mol. The quantitative estimate of drug-likeness (QED) is 0.568. The van der Waals surface area contributed by atoms with Crippen molar-refractivity contribution in [3.05, 3.63) is 0 Å². The van der Waals surface area contributed by atoms with Gasteiger partial charge in [-0.25, -0.2) is 0 Å². The van der Waals surface area contributed by atoms with Crippen molar-refractivity contribution in [3.8, 4) is 0 Å². The summed E-state index contributed by atoms with van der Waals surface area (Å²) in [6.45, 7) is 4.52. The summed E-state index contributed by atoms with van der Waals surface area (Å²) < 4.78 is 0. The highest BCUT2D eigenvalue weighted by atomic mass is 35.5. The molecule has 84 valence electrons. The Morgan fingerprint density at radius 1 is 1.21 bits per heavy atom. The number of hydrogen-bond donors (Lipinski definition) is 0. The lowest BCUT2D eigenvalue weighted by Crippen LogP contribution is -2.16. The first kappa shape index (κ1) is 12.4. The van der Waals surface area contributed by atoms with Crippen LogP contribution in [0.15, 0.2) is 0 Å². The Morgan fingerprint density at radius 3 is 2.57 bits per heavy atom. The van der Waals surface area contributed by atoms with Gasteiger partial charge in [0.2, 0.25) is 0 Å². The average Bonchev–Trinajstić information content (AvgIpc) is 2.26. The van der Waals surface area contributed by atoms with Gasteiger partial charge in [0.15, 0.2) is 0 Å². The van der Waals surface area contributed by atoms with Gasteiger partial charge < -0.3 is 0 Å². The molecule has 1 heteroatoms. The van der Waals surface area contributed by atoms with Crippen LogP contribution in [-0.4, -0.2) is 5.38 Å². The van der Waals surface area contributed by atoms with Crippen molar-refractivity contribution < 1.29 is 0 Å². The number of rotatable bonds is 5. The Morgan fingerprint density at radius 2 is 1.93 bits per heavy atom. The zero-order chi connectivity index (χ0) is 10.4. The van der Waals surface area contributed by atoms with Gasteiger partial charge in [-0.1, -0.05) is 39.5 Å². The Bertz CT molecular complexity index is 144. The molecule has 3 unspecified atom stereocenters. The standard InChI is InChI=1S/C13H25Cl/c1-3-11-6-5-7-12(10-11)8-9-13(14)4-2/h11-13H,3-10H2,1-2H3. The maximum atomic E-state index is 6.15. The predicted octanol–water partition coefficient (Wildman–Crippen LogP) is 5.00. The fourth-order valence-corrected chi connectivity index (χ4v) is 2.78. The molecule has 14 heavy (non-hydrogen) atoms. The molecule has 1 saturated carbocycles. The number of halogens is 1. The van der Waals surface area contributed by atoms with E-state index in [9.17, 15) is 0 Å². The third-order valence-electron chi connectivity index (χ3n) is 3.80. The van der Waals surface area contributed by atoms with E-state index in [1.165, 1.54) is 44.9 Å². The third kappa shape index (κ3) is 4.21. The maximum Gasteiger partial charge on any atom is 0.0333 e. The molecule has 0 heterocycles. The summed E-state index contributed by atoms with van der Waals surface area (Å²) in [5.41, 5.74) is 0. The molecule has 0 aromatic heterocycles. The molecule has 3 atom stereocenters. The monoisotopic (exact) mass is 216 g/mol. The molecule has 0 N–H and O–H groups in total. The summed E-state index contributed by atoms with van der Waals surface area (Å²) >= 11 is 6.15. The van der Waals surface area contributed by atoms with E-state index in [1.54, 1.807) is 0 Å². The molecule has 0 bridgehead atoms. The molecule has 0 spiro atoms. The second kappa shape index (κ2) is 6.71. The zero-order valence-corrected chi connectivity index (χ0v) is 10.5. The van der Waals surface area contributed by atoms with Crippen molar-refractivity contribution in [3.63, 3.8) is 0 Å². The molecule has 0 amide bonds. The van der Waals surface area contributed by atoms with E-state index in [2.05, 4.69) is 13.8 Å². The zero-order valence-electron chi connectivity index (χ0n) is 9.77.